The maximum Gasteiger partial charge on any atom is 0.255 e. The zero-order chi connectivity index (χ0) is 24.7. The lowest BCUT2D eigenvalue weighted by molar-refractivity contribution is -0.169. The second kappa shape index (κ2) is 7.14. The lowest BCUT2D eigenvalue weighted by Gasteiger charge is -2.53. The lowest BCUT2D eigenvalue weighted by atomic mass is 9.54. The van der Waals surface area contributed by atoms with Crippen LogP contribution in [0.25, 0.3) is 5.76 Å². The molecule has 33 heavy (non-hydrogen) atoms. The van der Waals surface area contributed by atoms with E-state index < -0.39 is 75.6 Å². The number of aliphatic hydroxyl groups excluding tert-OH is 3. The number of likely N-dealkylation sites (N-methyl/N-ethyl adjacent to an activating group) is 1. The van der Waals surface area contributed by atoms with Crippen LogP contribution in [0.4, 0.5) is 0 Å². The van der Waals surface area contributed by atoms with Crippen LogP contribution in [0.1, 0.15) is 29.5 Å². The first-order valence-electron chi connectivity index (χ1n) is 10.4. The molecule has 10 nitrogen and oxygen atoms in total. The molecule has 6 atom stereocenters. The summed E-state index contributed by atoms with van der Waals surface area (Å²) in [6, 6.07) is 1.62. The van der Waals surface area contributed by atoms with Gasteiger partial charge in [-0.1, -0.05) is 13.0 Å². The Hall–Kier alpha value is -3.21. The van der Waals surface area contributed by atoms with Gasteiger partial charge in [-0.2, -0.15) is 0 Å². The largest absolute Gasteiger partial charge is 0.508 e. The average Bonchev–Trinajstić information content (AvgIpc) is 2.72. The molecular weight excluding hydrogens is 432 g/mol. The van der Waals surface area contributed by atoms with Crippen LogP contribution in [0.5, 0.6) is 5.75 Å². The molecule has 0 radical (unpaired) electrons. The van der Waals surface area contributed by atoms with Gasteiger partial charge in [0.05, 0.1) is 23.6 Å². The summed E-state index contributed by atoms with van der Waals surface area (Å²) in [6.07, 6.45) is -1.59. The molecule has 0 unspecified atom stereocenters. The minimum atomic E-state index is -2.90. The van der Waals surface area contributed by atoms with Crippen molar-refractivity contribution >= 4 is 23.2 Å². The fraction of sp³-hybridized carbons (Fsp3) is 0.435. The number of nitrogens with zero attached hydrogens (tertiary/aromatic N) is 1. The molecule has 1 fully saturated rings. The van der Waals surface area contributed by atoms with Gasteiger partial charge in [-0.05, 0) is 44.1 Å². The number of hydrogen-bond acceptors (Lipinski definition) is 9. The second-order valence-corrected chi connectivity index (χ2v) is 9.24. The van der Waals surface area contributed by atoms with Crippen molar-refractivity contribution in [2.24, 2.45) is 17.6 Å². The summed E-state index contributed by atoms with van der Waals surface area (Å²) < 4.78 is 0. The molecule has 0 spiro atoms. The zero-order valence-electron chi connectivity index (χ0n) is 18.5. The highest BCUT2D eigenvalue weighted by Gasteiger charge is 2.68. The molecule has 1 aromatic carbocycles. The third kappa shape index (κ3) is 2.68. The predicted molar refractivity (Wildman–Crippen MR) is 115 cm³/mol. The van der Waals surface area contributed by atoms with Gasteiger partial charge >= 0.3 is 0 Å². The lowest BCUT2D eigenvalue weighted by Crippen LogP contribution is -2.70. The summed E-state index contributed by atoms with van der Waals surface area (Å²) >= 11 is 0. The Labute approximate surface area is 189 Å². The van der Waals surface area contributed by atoms with Crippen molar-refractivity contribution in [3.05, 3.63) is 45.7 Å². The van der Waals surface area contributed by atoms with Gasteiger partial charge in [0.15, 0.2) is 11.4 Å². The number of carbonyl (C=O) groups excluding carboxylic acids is 3. The standard InChI is InChI=1S/C23H26N2O8/c1-7-5-6-9(26)12-10(7)8(2)11-13(17(12)27)20(30)23(33)15(18(11)28)16(25(3)4)19(29)14(21(23)31)22(24)32/h5-6,8,11,15-16,18,26-28,31,33H,1-4H3,(H2,24,32)/t8-,11+,15+,16-,18-,23-/m0/s1. The smallest absolute Gasteiger partial charge is 0.255 e. The number of benzene rings is 1. The van der Waals surface area contributed by atoms with Gasteiger partial charge in [-0.15, -0.1) is 0 Å². The maximum absolute atomic E-state index is 13.7. The SMILES string of the molecule is Cc1ccc(O)c2c1[C@H](C)[C@@H]1C(=C2O)C(=O)[C@]2(O)C(O)=C(C(N)=O)C(=O)[C@@H](N(C)C)[C@@H]2[C@H]1O. The summed E-state index contributed by atoms with van der Waals surface area (Å²) in [5.41, 5.74) is 2.25. The molecule has 7 N–H and O–H groups in total. The Balaban J connectivity index is 2.08. The number of phenolic OH excluding ortho intramolecular Hbond substituents is 1. The summed E-state index contributed by atoms with van der Waals surface area (Å²) in [4.78, 5) is 40.1. The number of carbonyl (C=O) groups is 3. The molecule has 10 heteroatoms. The minimum Gasteiger partial charge on any atom is -0.508 e. The van der Waals surface area contributed by atoms with E-state index >= 15 is 0 Å². The number of fused-ring (bicyclic) bond motifs is 3. The molecule has 1 aromatic rings. The third-order valence-electron chi connectivity index (χ3n) is 7.33. The number of hydrogen-bond donors (Lipinski definition) is 6. The number of amides is 1. The number of phenols is 1. The number of rotatable bonds is 2. The van der Waals surface area contributed by atoms with Crippen molar-refractivity contribution in [2.75, 3.05) is 14.1 Å². The van der Waals surface area contributed by atoms with E-state index in [2.05, 4.69) is 0 Å². The molecular formula is C23H26N2O8. The fourth-order valence-corrected chi connectivity index (χ4v) is 5.92. The van der Waals surface area contributed by atoms with Crippen LogP contribution in [0, 0.1) is 18.8 Å². The Kier molecular flexibility index (Phi) is 4.97. The molecule has 0 bridgehead atoms. The van der Waals surface area contributed by atoms with Gasteiger partial charge in [0, 0.05) is 11.5 Å². The molecule has 1 saturated carbocycles. The van der Waals surface area contributed by atoms with Crippen molar-refractivity contribution in [3.8, 4) is 5.75 Å². The first-order valence-corrected chi connectivity index (χ1v) is 10.4. The number of aryl methyl sites for hydroxylation is 1. The molecule has 3 aliphatic carbocycles. The molecule has 0 aromatic heterocycles. The van der Waals surface area contributed by atoms with Gasteiger partial charge in [-0.25, -0.2) is 0 Å². The monoisotopic (exact) mass is 458 g/mol. The summed E-state index contributed by atoms with van der Waals surface area (Å²) in [7, 11) is 2.93. The zero-order valence-corrected chi connectivity index (χ0v) is 18.5. The molecule has 1 amide bonds. The Bertz CT molecular complexity index is 1180. The Morgan fingerprint density at radius 2 is 1.76 bits per heavy atom. The van der Waals surface area contributed by atoms with Crippen LogP contribution in [0.2, 0.25) is 0 Å². The van der Waals surface area contributed by atoms with Crippen molar-refractivity contribution in [3.63, 3.8) is 0 Å². The van der Waals surface area contributed by atoms with Crippen LogP contribution in [0.15, 0.2) is 29.0 Å². The number of Topliss-reactive ketones (excluding diaryl/α,β-unsaturated/α-hetero) is 2. The van der Waals surface area contributed by atoms with E-state index in [0.29, 0.717) is 11.1 Å². The van der Waals surface area contributed by atoms with Crippen molar-refractivity contribution in [1.29, 1.82) is 0 Å². The van der Waals surface area contributed by atoms with E-state index in [1.807, 2.05) is 0 Å². The summed E-state index contributed by atoms with van der Waals surface area (Å²) in [5, 5.41) is 55.3. The van der Waals surface area contributed by atoms with Gasteiger partial charge < -0.3 is 31.3 Å². The number of nitrogens with two attached hydrogens (primary N) is 1. The predicted octanol–water partition coefficient (Wildman–Crippen LogP) is -0.196. The van der Waals surface area contributed by atoms with E-state index in [9.17, 15) is 39.9 Å². The minimum absolute atomic E-state index is 0.00834. The number of ketones is 2. The molecule has 176 valence electrons. The van der Waals surface area contributed by atoms with E-state index in [1.54, 1.807) is 19.9 Å². The number of primary amides is 1. The van der Waals surface area contributed by atoms with E-state index in [0.717, 1.165) is 0 Å². The van der Waals surface area contributed by atoms with Crippen LogP contribution < -0.4 is 5.73 Å². The highest BCUT2D eigenvalue weighted by atomic mass is 16.4. The molecule has 4 rings (SSSR count). The van der Waals surface area contributed by atoms with E-state index in [-0.39, 0.29) is 11.3 Å². The Morgan fingerprint density at radius 3 is 2.30 bits per heavy atom. The quantitative estimate of drug-likeness (QED) is 0.327. The molecule has 3 aliphatic rings. The van der Waals surface area contributed by atoms with E-state index in [4.69, 9.17) is 5.73 Å². The first kappa shape index (κ1) is 23.0. The first-order chi connectivity index (χ1) is 15.3. The van der Waals surface area contributed by atoms with Crippen molar-refractivity contribution < 1.29 is 39.9 Å². The summed E-state index contributed by atoms with van der Waals surface area (Å²) in [5.74, 6) is -8.86. The third-order valence-corrected chi connectivity index (χ3v) is 7.33. The van der Waals surface area contributed by atoms with Crippen LogP contribution >= 0.6 is 0 Å². The van der Waals surface area contributed by atoms with Crippen LogP contribution in [-0.2, 0) is 14.4 Å². The Morgan fingerprint density at radius 1 is 1.15 bits per heavy atom. The number of aliphatic hydroxyl groups is 4. The van der Waals surface area contributed by atoms with Crippen LogP contribution in [0.3, 0.4) is 0 Å². The van der Waals surface area contributed by atoms with Crippen molar-refractivity contribution in [2.45, 2.75) is 37.5 Å². The highest BCUT2D eigenvalue weighted by Crippen LogP contribution is 2.56. The maximum atomic E-state index is 13.7. The molecule has 0 heterocycles. The average molecular weight is 458 g/mol. The van der Waals surface area contributed by atoms with Gasteiger partial charge in [-0.3, -0.25) is 19.3 Å². The highest BCUT2D eigenvalue weighted by molar-refractivity contribution is 6.24. The van der Waals surface area contributed by atoms with Gasteiger partial charge in [0.1, 0.15) is 22.8 Å². The van der Waals surface area contributed by atoms with Gasteiger partial charge in [0.2, 0.25) is 5.78 Å². The van der Waals surface area contributed by atoms with Crippen LogP contribution in [-0.4, -0.2) is 79.7 Å². The summed E-state index contributed by atoms with van der Waals surface area (Å²) in [6.45, 7) is 3.45. The van der Waals surface area contributed by atoms with Crippen molar-refractivity contribution in [1.82, 2.24) is 4.90 Å². The molecule has 0 aliphatic heterocycles. The molecule has 0 saturated heterocycles. The van der Waals surface area contributed by atoms with E-state index in [1.165, 1.54) is 25.1 Å². The topological polar surface area (TPSA) is 182 Å². The second-order valence-electron chi connectivity index (χ2n) is 9.24. The fourth-order valence-electron chi connectivity index (χ4n) is 5.92. The normalized spacial score (nSPS) is 33.7. The number of aromatic hydroxyl groups is 1. The van der Waals surface area contributed by atoms with Gasteiger partial charge in [0.25, 0.3) is 5.91 Å².